The van der Waals surface area contributed by atoms with Crippen molar-refractivity contribution in [1.82, 2.24) is 14.9 Å². The molecule has 1 aliphatic carbocycles. The van der Waals surface area contributed by atoms with Gasteiger partial charge in [-0.25, -0.2) is 9.97 Å². The molecule has 7 heteroatoms. The van der Waals surface area contributed by atoms with Crippen molar-refractivity contribution in [3.8, 4) is 5.75 Å². The van der Waals surface area contributed by atoms with Crippen LogP contribution in [0.25, 0.3) is 0 Å². The molecule has 2 atom stereocenters. The van der Waals surface area contributed by atoms with Gasteiger partial charge in [-0.05, 0) is 74.0 Å². The highest BCUT2D eigenvalue weighted by molar-refractivity contribution is 6.30. The van der Waals surface area contributed by atoms with Crippen molar-refractivity contribution in [3.05, 3.63) is 47.2 Å². The summed E-state index contributed by atoms with van der Waals surface area (Å²) in [6, 6.07) is 8.07. The highest BCUT2D eigenvalue weighted by Crippen LogP contribution is 2.49. The number of halogens is 1. The van der Waals surface area contributed by atoms with Gasteiger partial charge < -0.3 is 14.5 Å². The van der Waals surface area contributed by atoms with Crippen LogP contribution in [-0.2, 0) is 11.2 Å². The van der Waals surface area contributed by atoms with Gasteiger partial charge in [0.2, 0.25) is 11.9 Å². The van der Waals surface area contributed by atoms with Crippen molar-refractivity contribution >= 4 is 23.5 Å². The van der Waals surface area contributed by atoms with E-state index in [1.807, 2.05) is 29.2 Å². The van der Waals surface area contributed by atoms with Gasteiger partial charge in [-0.2, -0.15) is 0 Å². The molecular formula is C26H33ClN4O2. The number of amides is 1. The van der Waals surface area contributed by atoms with Gasteiger partial charge in [0.15, 0.2) is 0 Å². The monoisotopic (exact) mass is 468 g/mol. The standard InChI is InChI=1S/C26H33ClN4O2/c27-22-17-28-26(29-18-22)31-12-7-20(8-13-31)24-16-21(24)9-14-33-23-5-3-19(4-6-23)15-25(32)30-10-1-2-11-30/h3-6,17-18,20-21,24H,1-2,7-16H2/t21-,24-/m1/s1. The molecule has 0 N–H and O–H groups in total. The third-order valence-electron chi connectivity index (χ3n) is 7.51. The van der Waals surface area contributed by atoms with Crippen molar-refractivity contribution < 1.29 is 9.53 Å². The largest absolute Gasteiger partial charge is 0.494 e. The molecule has 1 aromatic heterocycles. The fourth-order valence-corrected chi connectivity index (χ4v) is 5.56. The molecule has 6 nitrogen and oxygen atoms in total. The molecule has 0 radical (unpaired) electrons. The van der Waals surface area contributed by atoms with Crippen molar-refractivity contribution in [3.63, 3.8) is 0 Å². The first-order valence-corrected chi connectivity index (χ1v) is 12.8. The van der Waals surface area contributed by atoms with E-state index in [1.54, 1.807) is 12.4 Å². The number of aromatic nitrogens is 2. The van der Waals surface area contributed by atoms with E-state index in [1.165, 1.54) is 19.3 Å². The molecule has 2 aromatic rings. The summed E-state index contributed by atoms with van der Waals surface area (Å²) in [6.45, 7) is 4.65. The van der Waals surface area contributed by atoms with Crippen molar-refractivity contribution in [2.75, 3.05) is 37.7 Å². The number of hydrogen-bond acceptors (Lipinski definition) is 5. The van der Waals surface area contributed by atoms with E-state index in [9.17, 15) is 4.79 Å². The molecule has 1 amide bonds. The van der Waals surface area contributed by atoms with Crippen LogP contribution in [0.1, 0.15) is 44.1 Å². The van der Waals surface area contributed by atoms with Gasteiger partial charge >= 0.3 is 0 Å². The third kappa shape index (κ3) is 5.78. The van der Waals surface area contributed by atoms with Crippen LogP contribution in [0, 0.1) is 17.8 Å². The minimum absolute atomic E-state index is 0.243. The summed E-state index contributed by atoms with van der Waals surface area (Å²) in [6.07, 6.45) is 11.0. The molecule has 176 valence electrons. The Labute approximate surface area is 201 Å². The van der Waals surface area contributed by atoms with E-state index >= 15 is 0 Å². The van der Waals surface area contributed by atoms with Crippen LogP contribution < -0.4 is 9.64 Å². The number of rotatable bonds is 8. The molecule has 0 spiro atoms. The maximum atomic E-state index is 12.3. The van der Waals surface area contributed by atoms with Crippen LogP contribution in [-0.4, -0.2) is 53.6 Å². The van der Waals surface area contributed by atoms with Gasteiger partial charge in [-0.1, -0.05) is 23.7 Å². The van der Waals surface area contributed by atoms with Crippen molar-refractivity contribution in [2.24, 2.45) is 17.8 Å². The van der Waals surface area contributed by atoms with Gasteiger partial charge in [0.25, 0.3) is 0 Å². The van der Waals surface area contributed by atoms with Crippen LogP contribution in [0.4, 0.5) is 5.95 Å². The molecule has 2 saturated heterocycles. The molecule has 1 saturated carbocycles. The molecule has 0 bridgehead atoms. The average molecular weight is 469 g/mol. The third-order valence-corrected chi connectivity index (χ3v) is 7.70. The number of nitrogens with zero attached hydrogens (tertiary/aromatic N) is 4. The normalized spacial score (nSPS) is 23.1. The number of benzene rings is 1. The lowest BCUT2D eigenvalue weighted by Gasteiger charge is -2.32. The zero-order valence-corrected chi connectivity index (χ0v) is 19.9. The predicted molar refractivity (Wildman–Crippen MR) is 130 cm³/mol. The lowest BCUT2D eigenvalue weighted by molar-refractivity contribution is -0.129. The Morgan fingerprint density at radius 2 is 1.73 bits per heavy atom. The highest BCUT2D eigenvalue weighted by Gasteiger charge is 2.43. The Bertz CT molecular complexity index is 922. The van der Waals surface area contributed by atoms with E-state index in [0.29, 0.717) is 11.4 Å². The van der Waals surface area contributed by atoms with Crippen LogP contribution >= 0.6 is 11.6 Å². The van der Waals surface area contributed by atoms with Crippen LogP contribution in [0.2, 0.25) is 5.02 Å². The molecule has 5 rings (SSSR count). The van der Waals surface area contributed by atoms with Gasteiger partial charge in [0, 0.05) is 26.2 Å². The Morgan fingerprint density at radius 1 is 1.03 bits per heavy atom. The zero-order chi connectivity index (χ0) is 22.6. The summed E-state index contributed by atoms with van der Waals surface area (Å²) in [5, 5.41) is 0.584. The molecule has 0 unspecified atom stereocenters. The van der Waals surface area contributed by atoms with Crippen LogP contribution in [0.5, 0.6) is 5.75 Å². The van der Waals surface area contributed by atoms with Crippen LogP contribution in [0.3, 0.4) is 0 Å². The average Bonchev–Trinajstić information content (AvgIpc) is 3.39. The number of carbonyl (C=O) groups is 1. The number of ether oxygens (including phenoxy) is 1. The lowest BCUT2D eigenvalue weighted by atomic mass is 9.90. The summed E-state index contributed by atoms with van der Waals surface area (Å²) in [4.78, 5) is 25.3. The second-order valence-electron chi connectivity index (χ2n) is 9.73. The Balaban J connectivity index is 0.995. The minimum Gasteiger partial charge on any atom is -0.494 e. The zero-order valence-electron chi connectivity index (χ0n) is 19.2. The minimum atomic E-state index is 0.243. The second kappa shape index (κ2) is 10.3. The smallest absolute Gasteiger partial charge is 0.226 e. The van der Waals surface area contributed by atoms with E-state index in [2.05, 4.69) is 14.9 Å². The molecule has 1 aromatic carbocycles. The molecule has 3 heterocycles. The lowest BCUT2D eigenvalue weighted by Crippen LogP contribution is -2.35. The highest BCUT2D eigenvalue weighted by atomic mass is 35.5. The summed E-state index contributed by atoms with van der Waals surface area (Å²) < 4.78 is 6.01. The molecule has 2 aliphatic heterocycles. The fraction of sp³-hybridized carbons (Fsp3) is 0.577. The van der Waals surface area contributed by atoms with E-state index in [4.69, 9.17) is 16.3 Å². The first kappa shape index (κ1) is 22.5. The summed E-state index contributed by atoms with van der Waals surface area (Å²) in [7, 11) is 0. The topological polar surface area (TPSA) is 58.6 Å². The molecule has 33 heavy (non-hydrogen) atoms. The number of piperidine rings is 1. The molecule has 3 fully saturated rings. The predicted octanol–water partition coefficient (Wildman–Crippen LogP) is 4.62. The maximum Gasteiger partial charge on any atom is 0.226 e. The van der Waals surface area contributed by atoms with E-state index in [0.717, 1.165) is 87.1 Å². The second-order valence-corrected chi connectivity index (χ2v) is 10.2. The fourth-order valence-electron chi connectivity index (χ4n) is 5.46. The SMILES string of the molecule is O=C(Cc1ccc(OCC[C@@H]2C[C@@H]2C2CCN(c3ncc(Cl)cn3)CC2)cc1)N1CCCC1. The van der Waals surface area contributed by atoms with Gasteiger partial charge in [-0.3, -0.25) is 4.79 Å². The number of carbonyl (C=O) groups excluding carboxylic acids is 1. The van der Waals surface area contributed by atoms with Crippen molar-refractivity contribution in [2.45, 2.75) is 44.9 Å². The van der Waals surface area contributed by atoms with Gasteiger partial charge in [-0.15, -0.1) is 0 Å². The maximum absolute atomic E-state index is 12.3. The van der Waals surface area contributed by atoms with Gasteiger partial charge in [0.05, 0.1) is 30.4 Å². The number of anilines is 1. The Kier molecular flexibility index (Phi) is 7.00. The first-order valence-electron chi connectivity index (χ1n) is 12.4. The molecule has 3 aliphatic rings. The summed E-state index contributed by atoms with van der Waals surface area (Å²) in [5.74, 6) is 4.40. The Morgan fingerprint density at radius 3 is 2.42 bits per heavy atom. The van der Waals surface area contributed by atoms with Crippen molar-refractivity contribution in [1.29, 1.82) is 0 Å². The van der Waals surface area contributed by atoms with Gasteiger partial charge in [0.1, 0.15) is 5.75 Å². The Hall–Kier alpha value is -2.34. The molecular weight excluding hydrogens is 436 g/mol. The first-order chi connectivity index (χ1) is 16.2. The quantitative estimate of drug-likeness (QED) is 0.566. The number of hydrogen-bond donors (Lipinski definition) is 0. The van der Waals surface area contributed by atoms with Crippen LogP contribution in [0.15, 0.2) is 36.7 Å². The number of likely N-dealkylation sites (tertiary alicyclic amines) is 1. The van der Waals surface area contributed by atoms with E-state index < -0.39 is 0 Å². The van der Waals surface area contributed by atoms with E-state index in [-0.39, 0.29) is 5.91 Å². The summed E-state index contributed by atoms with van der Waals surface area (Å²) in [5.41, 5.74) is 1.07. The summed E-state index contributed by atoms with van der Waals surface area (Å²) >= 11 is 5.90.